The first-order chi connectivity index (χ1) is 5.83. The summed E-state index contributed by atoms with van der Waals surface area (Å²) in [4.78, 5) is 0. The number of hydrogen-bond donors (Lipinski definition) is 0. The van der Waals surface area contributed by atoms with E-state index in [-0.39, 0.29) is 6.10 Å². The first-order valence-corrected chi connectivity index (χ1v) is 4.17. The first-order valence-electron chi connectivity index (χ1n) is 4.17. The monoisotopic (exact) mass is 162 g/mol. The lowest BCUT2D eigenvalue weighted by atomic mass is 10.3. The number of rotatable bonds is 3. The Morgan fingerprint density at radius 1 is 1.25 bits per heavy atom. The third-order valence-corrected chi connectivity index (χ3v) is 1.53. The summed E-state index contributed by atoms with van der Waals surface area (Å²) in [5.41, 5.74) is 0. The maximum Gasteiger partial charge on any atom is 0.120 e. The van der Waals surface area contributed by atoms with Gasteiger partial charge in [-0.3, -0.25) is 0 Å². The Labute approximate surface area is 73.7 Å². The molecule has 0 radical (unpaired) electrons. The molecule has 0 aliphatic heterocycles. The Bertz CT molecular complexity index is 238. The molecule has 0 bridgehead atoms. The van der Waals surface area contributed by atoms with Gasteiger partial charge in [0.05, 0.1) is 0 Å². The maximum absolute atomic E-state index is 5.57. The van der Waals surface area contributed by atoms with E-state index in [2.05, 4.69) is 0 Å². The van der Waals surface area contributed by atoms with Crippen LogP contribution in [0.5, 0.6) is 5.75 Å². The number of hydrogen-bond acceptors (Lipinski definition) is 1. The van der Waals surface area contributed by atoms with Crippen LogP contribution in [0.15, 0.2) is 42.5 Å². The van der Waals surface area contributed by atoms with Crippen LogP contribution in [0.1, 0.15) is 13.8 Å². The van der Waals surface area contributed by atoms with Gasteiger partial charge in [-0.25, -0.2) is 0 Å². The van der Waals surface area contributed by atoms with Crippen LogP contribution < -0.4 is 4.74 Å². The van der Waals surface area contributed by atoms with Gasteiger partial charge in [-0.1, -0.05) is 24.3 Å². The van der Waals surface area contributed by atoms with Gasteiger partial charge in [-0.15, -0.1) is 0 Å². The Balaban J connectivity index is 2.52. The van der Waals surface area contributed by atoms with E-state index in [0.717, 1.165) is 5.75 Å². The van der Waals surface area contributed by atoms with E-state index in [1.807, 2.05) is 56.3 Å². The SMILES string of the molecule is C/C=C\C(C)Oc1ccccc1. The minimum absolute atomic E-state index is 0.150. The average molecular weight is 162 g/mol. The second-order valence-electron chi connectivity index (χ2n) is 2.66. The summed E-state index contributed by atoms with van der Waals surface area (Å²) in [7, 11) is 0. The van der Waals surface area contributed by atoms with Crippen LogP contribution in [-0.4, -0.2) is 6.10 Å². The molecule has 1 rings (SSSR count). The molecule has 1 nitrogen and oxygen atoms in total. The van der Waals surface area contributed by atoms with Gasteiger partial charge < -0.3 is 4.74 Å². The molecule has 1 aromatic carbocycles. The Morgan fingerprint density at radius 2 is 1.92 bits per heavy atom. The van der Waals surface area contributed by atoms with Gasteiger partial charge in [-0.05, 0) is 32.1 Å². The minimum atomic E-state index is 0.150. The second-order valence-corrected chi connectivity index (χ2v) is 2.66. The zero-order chi connectivity index (χ0) is 8.81. The standard InChI is InChI=1S/C11H14O/c1-3-7-10(2)12-11-8-5-4-6-9-11/h3-10H,1-2H3/b7-3-. The van der Waals surface area contributed by atoms with Gasteiger partial charge in [0.15, 0.2) is 0 Å². The molecule has 0 fully saturated rings. The molecule has 12 heavy (non-hydrogen) atoms. The van der Waals surface area contributed by atoms with Gasteiger partial charge in [0.25, 0.3) is 0 Å². The first kappa shape index (κ1) is 8.85. The van der Waals surface area contributed by atoms with E-state index in [1.54, 1.807) is 0 Å². The van der Waals surface area contributed by atoms with Crippen molar-refractivity contribution in [3.63, 3.8) is 0 Å². The van der Waals surface area contributed by atoms with Gasteiger partial charge in [0, 0.05) is 0 Å². The molecule has 1 aromatic rings. The molecule has 64 valence electrons. The highest BCUT2D eigenvalue weighted by atomic mass is 16.5. The number of allylic oxidation sites excluding steroid dienone is 1. The fourth-order valence-electron chi connectivity index (χ4n) is 1.02. The number of benzene rings is 1. The molecule has 0 saturated heterocycles. The number of para-hydroxylation sites is 1. The van der Waals surface area contributed by atoms with Gasteiger partial charge in [0.2, 0.25) is 0 Å². The summed E-state index contributed by atoms with van der Waals surface area (Å²) in [5.74, 6) is 0.920. The Kier molecular flexibility index (Phi) is 3.39. The van der Waals surface area contributed by atoms with E-state index in [0.29, 0.717) is 0 Å². The summed E-state index contributed by atoms with van der Waals surface area (Å²) >= 11 is 0. The van der Waals surface area contributed by atoms with Crippen LogP contribution in [0.25, 0.3) is 0 Å². The summed E-state index contributed by atoms with van der Waals surface area (Å²) in [5, 5.41) is 0. The summed E-state index contributed by atoms with van der Waals surface area (Å²) in [6, 6.07) is 9.84. The van der Waals surface area contributed by atoms with E-state index >= 15 is 0 Å². The van der Waals surface area contributed by atoms with Crippen molar-refractivity contribution in [2.75, 3.05) is 0 Å². The lowest BCUT2D eigenvalue weighted by Crippen LogP contribution is -2.07. The van der Waals surface area contributed by atoms with E-state index in [1.165, 1.54) is 0 Å². The zero-order valence-corrected chi connectivity index (χ0v) is 7.53. The van der Waals surface area contributed by atoms with E-state index in [4.69, 9.17) is 4.74 Å². The fraction of sp³-hybridized carbons (Fsp3) is 0.273. The van der Waals surface area contributed by atoms with Crippen LogP contribution in [0.3, 0.4) is 0 Å². The molecule has 0 saturated carbocycles. The third-order valence-electron chi connectivity index (χ3n) is 1.53. The topological polar surface area (TPSA) is 9.23 Å². The smallest absolute Gasteiger partial charge is 0.120 e. The highest BCUT2D eigenvalue weighted by Crippen LogP contribution is 2.10. The van der Waals surface area contributed by atoms with Crippen molar-refractivity contribution >= 4 is 0 Å². The fourth-order valence-corrected chi connectivity index (χ4v) is 1.02. The normalized spacial score (nSPS) is 13.2. The van der Waals surface area contributed by atoms with Crippen molar-refractivity contribution in [1.82, 2.24) is 0 Å². The molecular weight excluding hydrogens is 148 g/mol. The van der Waals surface area contributed by atoms with Crippen molar-refractivity contribution in [2.45, 2.75) is 20.0 Å². The molecule has 0 aliphatic rings. The average Bonchev–Trinajstić information content (AvgIpc) is 2.06. The minimum Gasteiger partial charge on any atom is -0.487 e. The van der Waals surface area contributed by atoms with E-state index < -0.39 is 0 Å². The summed E-state index contributed by atoms with van der Waals surface area (Å²) in [6.45, 7) is 4.01. The highest BCUT2D eigenvalue weighted by molar-refractivity contribution is 5.21. The van der Waals surface area contributed by atoms with Crippen LogP contribution >= 0.6 is 0 Å². The Morgan fingerprint density at radius 3 is 2.50 bits per heavy atom. The quantitative estimate of drug-likeness (QED) is 0.621. The van der Waals surface area contributed by atoms with Crippen molar-refractivity contribution in [2.24, 2.45) is 0 Å². The van der Waals surface area contributed by atoms with Gasteiger partial charge in [-0.2, -0.15) is 0 Å². The highest BCUT2D eigenvalue weighted by Gasteiger charge is 1.96. The van der Waals surface area contributed by atoms with Crippen LogP contribution in [0.4, 0.5) is 0 Å². The Hall–Kier alpha value is -1.24. The molecule has 1 unspecified atom stereocenters. The molecule has 1 atom stereocenters. The lowest BCUT2D eigenvalue weighted by molar-refractivity contribution is 0.269. The van der Waals surface area contributed by atoms with Crippen LogP contribution in [0, 0.1) is 0 Å². The summed E-state index contributed by atoms with van der Waals surface area (Å²) < 4.78 is 5.57. The van der Waals surface area contributed by atoms with Crippen molar-refractivity contribution in [3.05, 3.63) is 42.5 Å². The molecule has 0 amide bonds. The lowest BCUT2D eigenvalue weighted by Gasteiger charge is -2.09. The molecule has 0 aromatic heterocycles. The van der Waals surface area contributed by atoms with Crippen LogP contribution in [0.2, 0.25) is 0 Å². The molecule has 1 heteroatoms. The molecule has 0 N–H and O–H groups in total. The van der Waals surface area contributed by atoms with E-state index in [9.17, 15) is 0 Å². The molecular formula is C11H14O. The molecule has 0 heterocycles. The number of ether oxygens (including phenoxy) is 1. The molecule has 0 aliphatic carbocycles. The zero-order valence-electron chi connectivity index (χ0n) is 7.53. The predicted octanol–water partition coefficient (Wildman–Crippen LogP) is 3.03. The predicted molar refractivity (Wildman–Crippen MR) is 51.3 cm³/mol. The van der Waals surface area contributed by atoms with Crippen molar-refractivity contribution < 1.29 is 4.74 Å². The van der Waals surface area contributed by atoms with Crippen molar-refractivity contribution in [3.8, 4) is 5.75 Å². The second kappa shape index (κ2) is 4.60. The van der Waals surface area contributed by atoms with Crippen LogP contribution in [-0.2, 0) is 0 Å². The largest absolute Gasteiger partial charge is 0.487 e. The van der Waals surface area contributed by atoms with Gasteiger partial charge >= 0.3 is 0 Å². The molecule has 0 spiro atoms. The maximum atomic E-state index is 5.57. The van der Waals surface area contributed by atoms with Crippen molar-refractivity contribution in [1.29, 1.82) is 0 Å². The third kappa shape index (κ3) is 2.79. The van der Waals surface area contributed by atoms with Gasteiger partial charge in [0.1, 0.15) is 11.9 Å². The summed E-state index contributed by atoms with van der Waals surface area (Å²) in [6.07, 6.45) is 4.16.